The molecule has 1 N–H and O–H groups in total. The molecule has 0 amide bonds. The Morgan fingerprint density at radius 2 is 2.00 bits per heavy atom. The fraction of sp³-hybridized carbons (Fsp3) is 0.250. The second-order valence-electron chi connectivity index (χ2n) is 4.77. The highest BCUT2D eigenvalue weighted by Gasteiger charge is 2.16. The average Bonchev–Trinajstić information content (AvgIpc) is 2.39. The van der Waals surface area contributed by atoms with Crippen LogP contribution in [-0.2, 0) is 11.2 Å². The van der Waals surface area contributed by atoms with Gasteiger partial charge in [-0.05, 0) is 42.5 Å². The highest BCUT2D eigenvalue weighted by molar-refractivity contribution is 5.68. The number of carbonyl (C=O) groups is 1. The van der Waals surface area contributed by atoms with Gasteiger partial charge in [0.05, 0.1) is 6.42 Å². The zero-order chi connectivity index (χ0) is 13.7. The summed E-state index contributed by atoms with van der Waals surface area (Å²) in [6.45, 7) is 2.02. The molecular formula is C16H17NO2. The van der Waals surface area contributed by atoms with E-state index in [4.69, 9.17) is 5.11 Å². The molecule has 0 radical (unpaired) electrons. The molecule has 0 saturated heterocycles. The minimum absolute atomic E-state index is 0.000185. The number of carboxylic acids is 1. The molecule has 1 aromatic heterocycles. The molecule has 98 valence electrons. The van der Waals surface area contributed by atoms with Crippen LogP contribution in [0.5, 0.6) is 0 Å². The zero-order valence-electron chi connectivity index (χ0n) is 10.9. The third kappa shape index (κ3) is 3.91. The Bertz CT molecular complexity index is 552. The van der Waals surface area contributed by atoms with Crippen molar-refractivity contribution in [2.45, 2.75) is 25.7 Å². The first-order valence-corrected chi connectivity index (χ1v) is 6.32. The molecule has 2 rings (SSSR count). The van der Waals surface area contributed by atoms with Crippen LogP contribution in [-0.4, -0.2) is 16.1 Å². The Labute approximate surface area is 112 Å². The molecule has 0 aliphatic rings. The first-order valence-electron chi connectivity index (χ1n) is 6.32. The first kappa shape index (κ1) is 13.3. The molecule has 1 heterocycles. The van der Waals surface area contributed by atoms with Crippen LogP contribution in [0, 0.1) is 6.92 Å². The third-order valence-corrected chi connectivity index (χ3v) is 3.17. The second-order valence-corrected chi connectivity index (χ2v) is 4.77. The fourth-order valence-electron chi connectivity index (χ4n) is 2.25. The van der Waals surface area contributed by atoms with Crippen LogP contribution < -0.4 is 0 Å². The number of hydrogen-bond acceptors (Lipinski definition) is 2. The fourth-order valence-corrected chi connectivity index (χ4v) is 2.25. The lowest BCUT2D eigenvalue weighted by Gasteiger charge is -2.16. The molecule has 1 unspecified atom stereocenters. The molecule has 0 fully saturated rings. The first-order chi connectivity index (χ1) is 9.15. The molecule has 0 aliphatic heterocycles. The summed E-state index contributed by atoms with van der Waals surface area (Å²) in [6.07, 6.45) is 4.34. The number of carboxylic acid groups (broad SMARTS) is 1. The van der Waals surface area contributed by atoms with Gasteiger partial charge in [-0.25, -0.2) is 0 Å². The van der Waals surface area contributed by atoms with Gasteiger partial charge < -0.3 is 5.11 Å². The maximum absolute atomic E-state index is 11.0. The minimum atomic E-state index is -0.763. The van der Waals surface area contributed by atoms with Crippen LogP contribution in [0.3, 0.4) is 0 Å². The normalized spacial score (nSPS) is 12.1. The second kappa shape index (κ2) is 6.14. The lowest BCUT2D eigenvalue weighted by atomic mass is 9.89. The Kier molecular flexibility index (Phi) is 4.29. The largest absolute Gasteiger partial charge is 0.481 e. The van der Waals surface area contributed by atoms with Crippen molar-refractivity contribution in [3.63, 3.8) is 0 Å². The van der Waals surface area contributed by atoms with Crippen LogP contribution in [0.15, 0.2) is 48.8 Å². The molecule has 19 heavy (non-hydrogen) atoms. The van der Waals surface area contributed by atoms with Gasteiger partial charge in [0.2, 0.25) is 0 Å². The molecule has 0 aliphatic carbocycles. The van der Waals surface area contributed by atoms with Crippen molar-refractivity contribution in [3.05, 3.63) is 65.5 Å². The van der Waals surface area contributed by atoms with Gasteiger partial charge in [0.1, 0.15) is 0 Å². The van der Waals surface area contributed by atoms with E-state index in [2.05, 4.69) is 11.1 Å². The predicted octanol–water partition coefficient (Wildman–Crippen LogP) is 3.19. The topological polar surface area (TPSA) is 50.2 Å². The summed E-state index contributed by atoms with van der Waals surface area (Å²) in [6, 6.07) is 11.9. The number of pyridine rings is 1. The van der Waals surface area contributed by atoms with Crippen molar-refractivity contribution in [3.8, 4) is 0 Å². The average molecular weight is 255 g/mol. The maximum Gasteiger partial charge on any atom is 0.303 e. The lowest BCUT2D eigenvalue weighted by Crippen LogP contribution is -2.09. The van der Waals surface area contributed by atoms with Crippen LogP contribution >= 0.6 is 0 Å². The summed E-state index contributed by atoms with van der Waals surface area (Å²) in [5, 5.41) is 9.08. The highest BCUT2D eigenvalue weighted by Crippen LogP contribution is 2.25. The van der Waals surface area contributed by atoms with Crippen LogP contribution in [0.2, 0.25) is 0 Å². The summed E-state index contributed by atoms with van der Waals surface area (Å²) >= 11 is 0. The zero-order valence-corrected chi connectivity index (χ0v) is 10.9. The molecule has 0 spiro atoms. The van der Waals surface area contributed by atoms with E-state index in [1.54, 1.807) is 12.4 Å². The van der Waals surface area contributed by atoms with E-state index < -0.39 is 5.97 Å². The Morgan fingerprint density at radius 1 is 1.26 bits per heavy atom. The summed E-state index contributed by atoms with van der Waals surface area (Å²) in [5.74, 6) is -0.764. The van der Waals surface area contributed by atoms with Crippen molar-refractivity contribution in [2.75, 3.05) is 0 Å². The molecule has 1 aromatic carbocycles. The molecule has 3 nitrogen and oxygen atoms in total. The summed E-state index contributed by atoms with van der Waals surface area (Å²) in [5.41, 5.74) is 3.35. The van der Waals surface area contributed by atoms with Crippen molar-refractivity contribution in [2.24, 2.45) is 0 Å². The van der Waals surface area contributed by atoms with E-state index in [0.29, 0.717) is 0 Å². The summed E-state index contributed by atoms with van der Waals surface area (Å²) < 4.78 is 0. The van der Waals surface area contributed by atoms with Gasteiger partial charge in [-0.1, -0.05) is 29.8 Å². The lowest BCUT2D eigenvalue weighted by molar-refractivity contribution is -0.137. The predicted molar refractivity (Wildman–Crippen MR) is 74.1 cm³/mol. The van der Waals surface area contributed by atoms with Crippen LogP contribution in [0.1, 0.15) is 29.0 Å². The Hall–Kier alpha value is -2.16. The van der Waals surface area contributed by atoms with E-state index in [1.165, 1.54) is 0 Å². The molecule has 0 saturated carbocycles. The van der Waals surface area contributed by atoms with Crippen molar-refractivity contribution >= 4 is 5.97 Å². The number of rotatable bonds is 5. The van der Waals surface area contributed by atoms with Gasteiger partial charge in [-0.3, -0.25) is 9.78 Å². The quantitative estimate of drug-likeness (QED) is 0.892. The maximum atomic E-state index is 11.0. The molecule has 0 bridgehead atoms. The molecule has 3 heteroatoms. The standard InChI is InChI=1S/C16H17NO2/c1-12-3-2-4-14(9-12)15(11-16(18)19)10-13-5-7-17-8-6-13/h2-9,15H,10-11H2,1H3,(H,18,19). The summed E-state index contributed by atoms with van der Waals surface area (Å²) in [7, 11) is 0. The van der Waals surface area contributed by atoms with E-state index in [0.717, 1.165) is 23.1 Å². The SMILES string of the molecule is Cc1cccc(C(CC(=O)O)Cc2ccncc2)c1. The number of aromatic nitrogens is 1. The summed E-state index contributed by atoms with van der Waals surface area (Å²) in [4.78, 5) is 15.0. The van der Waals surface area contributed by atoms with Gasteiger partial charge in [0.25, 0.3) is 0 Å². The van der Waals surface area contributed by atoms with Gasteiger partial charge in [-0.2, -0.15) is 0 Å². The number of aliphatic carboxylic acids is 1. The van der Waals surface area contributed by atoms with Crippen molar-refractivity contribution in [1.29, 1.82) is 0 Å². The highest BCUT2D eigenvalue weighted by atomic mass is 16.4. The number of nitrogens with zero attached hydrogens (tertiary/aromatic N) is 1. The minimum Gasteiger partial charge on any atom is -0.481 e. The van der Waals surface area contributed by atoms with Gasteiger partial charge >= 0.3 is 5.97 Å². The van der Waals surface area contributed by atoms with Gasteiger partial charge in [0.15, 0.2) is 0 Å². The van der Waals surface area contributed by atoms with Crippen LogP contribution in [0.4, 0.5) is 0 Å². The van der Waals surface area contributed by atoms with E-state index >= 15 is 0 Å². The van der Waals surface area contributed by atoms with Crippen molar-refractivity contribution in [1.82, 2.24) is 4.98 Å². The van der Waals surface area contributed by atoms with E-state index in [9.17, 15) is 4.79 Å². The molecule has 1 atom stereocenters. The van der Waals surface area contributed by atoms with Gasteiger partial charge in [0, 0.05) is 12.4 Å². The number of aryl methyl sites for hydroxylation is 1. The third-order valence-electron chi connectivity index (χ3n) is 3.17. The van der Waals surface area contributed by atoms with E-state index in [-0.39, 0.29) is 12.3 Å². The number of benzene rings is 1. The Balaban J connectivity index is 2.23. The molecule has 2 aromatic rings. The van der Waals surface area contributed by atoms with Crippen molar-refractivity contribution < 1.29 is 9.90 Å². The number of hydrogen-bond donors (Lipinski definition) is 1. The monoisotopic (exact) mass is 255 g/mol. The molecular weight excluding hydrogens is 238 g/mol. The van der Waals surface area contributed by atoms with Gasteiger partial charge in [-0.15, -0.1) is 0 Å². The Morgan fingerprint density at radius 3 is 2.63 bits per heavy atom. The smallest absolute Gasteiger partial charge is 0.303 e. The van der Waals surface area contributed by atoms with Crippen LogP contribution in [0.25, 0.3) is 0 Å². The van der Waals surface area contributed by atoms with E-state index in [1.807, 2.05) is 37.3 Å².